The number of esters is 1. The van der Waals surface area contributed by atoms with E-state index in [2.05, 4.69) is 4.99 Å². The molecule has 0 N–H and O–H groups in total. The van der Waals surface area contributed by atoms with E-state index in [4.69, 9.17) is 4.74 Å². The molecule has 2 aromatic heterocycles. The number of benzene rings is 1. The summed E-state index contributed by atoms with van der Waals surface area (Å²) >= 11 is 2.92. The normalized spacial score (nSPS) is 16.6. The summed E-state index contributed by atoms with van der Waals surface area (Å²) in [7, 11) is 1.35. The number of hydrogen-bond donors (Lipinski definition) is 0. The second-order valence-electron chi connectivity index (χ2n) is 6.21. The van der Waals surface area contributed by atoms with E-state index in [0.717, 1.165) is 10.4 Å². The second-order valence-corrected chi connectivity index (χ2v) is 8.20. The number of ether oxygens (including phenoxy) is 1. The van der Waals surface area contributed by atoms with E-state index >= 15 is 0 Å². The van der Waals surface area contributed by atoms with Crippen molar-refractivity contribution >= 4 is 34.7 Å². The van der Waals surface area contributed by atoms with E-state index in [1.54, 1.807) is 15.9 Å². The lowest BCUT2D eigenvalue weighted by Crippen LogP contribution is -2.40. The predicted octanol–water partition coefficient (Wildman–Crippen LogP) is 2.86. The Labute approximate surface area is 169 Å². The number of hydrogen-bond acceptors (Lipinski definition) is 6. The number of methoxy groups -OCH3 is 1. The maximum atomic E-state index is 13.3. The summed E-state index contributed by atoms with van der Waals surface area (Å²) in [5, 5.41) is 1.97. The molecule has 0 spiro atoms. The fourth-order valence-electron chi connectivity index (χ4n) is 3.32. The van der Waals surface area contributed by atoms with E-state index in [-0.39, 0.29) is 5.56 Å². The minimum atomic E-state index is -0.551. The van der Waals surface area contributed by atoms with Crippen molar-refractivity contribution in [3.05, 3.63) is 89.2 Å². The summed E-state index contributed by atoms with van der Waals surface area (Å²) in [5.74, 6) is -0.456. The number of nitrogens with zero attached hydrogens (tertiary/aromatic N) is 2. The second kappa shape index (κ2) is 7.69. The smallest absolute Gasteiger partial charge is 0.338 e. The molecule has 0 unspecified atom stereocenters. The van der Waals surface area contributed by atoms with Crippen LogP contribution in [0.15, 0.2) is 68.9 Å². The van der Waals surface area contributed by atoms with Gasteiger partial charge in [-0.1, -0.05) is 54.7 Å². The molecule has 0 bridgehead atoms. The highest BCUT2D eigenvalue weighted by Gasteiger charge is 2.33. The van der Waals surface area contributed by atoms with Crippen molar-refractivity contribution in [2.24, 2.45) is 4.99 Å². The highest BCUT2D eigenvalue weighted by Crippen LogP contribution is 2.31. The molecule has 1 atom stereocenters. The highest BCUT2D eigenvalue weighted by atomic mass is 32.1. The van der Waals surface area contributed by atoms with Crippen molar-refractivity contribution in [1.82, 2.24) is 4.57 Å². The zero-order valence-corrected chi connectivity index (χ0v) is 17.0. The number of thiazole rings is 1. The number of thiophene rings is 1. The summed E-state index contributed by atoms with van der Waals surface area (Å²) in [6, 6.07) is 12.9. The largest absolute Gasteiger partial charge is 0.466 e. The molecule has 4 rings (SSSR count). The zero-order chi connectivity index (χ0) is 19.7. The van der Waals surface area contributed by atoms with Crippen molar-refractivity contribution in [2.45, 2.75) is 19.4 Å². The third-order valence-electron chi connectivity index (χ3n) is 4.58. The standard InChI is InChI=1S/C21H18N2O3S2/c1-3-15-17(20(25)26-2)18(13-8-5-4-6-9-13)23-19(24)16(28-21(23)22-15)12-14-10-7-11-27-14/h4-12,18H,3H2,1-2H3/b16-12-/t18-/m1/s1. The molecule has 3 heterocycles. The lowest BCUT2D eigenvalue weighted by Gasteiger charge is -2.25. The number of carbonyl (C=O) groups is 1. The van der Waals surface area contributed by atoms with Gasteiger partial charge in [0, 0.05) is 4.88 Å². The van der Waals surface area contributed by atoms with Crippen LogP contribution in [0, 0.1) is 0 Å². The molecule has 0 radical (unpaired) electrons. The molecular formula is C21H18N2O3S2. The van der Waals surface area contributed by atoms with E-state index in [0.29, 0.717) is 27.0 Å². The molecule has 0 fully saturated rings. The van der Waals surface area contributed by atoms with E-state index in [1.807, 2.05) is 60.8 Å². The first-order valence-corrected chi connectivity index (χ1v) is 10.5. The molecule has 28 heavy (non-hydrogen) atoms. The average Bonchev–Trinajstić information content (AvgIpc) is 3.35. The van der Waals surface area contributed by atoms with Crippen LogP contribution in [-0.4, -0.2) is 17.6 Å². The predicted molar refractivity (Wildman–Crippen MR) is 111 cm³/mol. The average molecular weight is 411 g/mol. The highest BCUT2D eigenvalue weighted by molar-refractivity contribution is 7.11. The molecule has 5 nitrogen and oxygen atoms in total. The van der Waals surface area contributed by atoms with Gasteiger partial charge in [-0.05, 0) is 29.5 Å². The van der Waals surface area contributed by atoms with Gasteiger partial charge in [-0.15, -0.1) is 11.3 Å². The topological polar surface area (TPSA) is 60.7 Å². The van der Waals surface area contributed by atoms with Crippen LogP contribution in [0.1, 0.15) is 29.8 Å². The monoisotopic (exact) mass is 410 g/mol. The van der Waals surface area contributed by atoms with Crippen LogP contribution in [0.25, 0.3) is 6.08 Å². The van der Waals surface area contributed by atoms with Crippen LogP contribution >= 0.6 is 22.7 Å². The van der Waals surface area contributed by atoms with Crippen LogP contribution in [0.4, 0.5) is 0 Å². The van der Waals surface area contributed by atoms with Crippen LogP contribution in [-0.2, 0) is 9.53 Å². The van der Waals surface area contributed by atoms with Gasteiger partial charge in [0.2, 0.25) is 0 Å². The SMILES string of the molecule is CCC1=C(C(=O)OC)[C@@H](c2ccccc2)n2c(s/c(=C\c3cccs3)c2=O)=N1. The van der Waals surface area contributed by atoms with Crippen LogP contribution < -0.4 is 14.9 Å². The Bertz CT molecular complexity index is 1220. The Morgan fingerprint density at radius 3 is 2.68 bits per heavy atom. The van der Waals surface area contributed by atoms with Gasteiger partial charge in [0.25, 0.3) is 5.56 Å². The van der Waals surface area contributed by atoms with Gasteiger partial charge in [0.15, 0.2) is 4.80 Å². The fraction of sp³-hybridized carbons (Fsp3) is 0.190. The maximum absolute atomic E-state index is 13.3. The molecule has 1 aliphatic rings. The molecule has 1 aliphatic heterocycles. The van der Waals surface area contributed by atoms with Gasteiger partial charge in [0.05, 0.1) is 29.0 Å². The maximum Gasteiger partial charge on any atom is 0.338 e. The van der Waals surface area contributed by atoms with Crippen molar-refractivity contribution < 1.29 is 9.53 Å². The van der Waals surface area contributed by atoms with Crippen molar-refractivity contribution in [3.8, 4) is 0 Å². The van der Waals surface area contributed by atoms with Gasteiger partial charge in [-0.25, -0.2) is 9.79 Å². The Kier molecular flexibility index (Phi) is 5.11. The number of allylic oxidation sites excluding steroid dienone is 1. The Balaban J connectivity index is 2.03. The summed E-state index contributed by atoms with van der Waals surface area (Å²) in [6.45, 7) is 1.95. The molecule has 7 heteroatoms. The lowest BCUT2D eigenvalue weighted by molar-refractivity contribution is -0.136. The Morgan fingerprint density at radius 2 is 2.04 bits per heavy atom. The summed E-state index contributed by atoms with van der Waals surface area (Å²) in [4.78, 5) is 32.2. The van der Waals surface area contributed by atoms with E-state index in [9.17, 15) is 9.59 Å². The van der Waals surface area contributed by atoms with Crippen molar-refractivity contribution in [1.29, 1.82) is 0 Å². The number of fused-ring (bicyclic) bond motifs is 1. The lowest BCUT2D eigenvalue weighted by atomic mass is 9.95. The first kappa shape index (κ1) is 18.6. The van der Waals surface area contributed by atoms with Crippen LogP contribution in [0.2, 0.25) is 0 Å². The van der Waals surface area contributed by atoms with Gasteiger partial charge in [-0.3, -0.25) is 9.36 Å². The summed E-state index contributed by atoms with van der Waals surface area (Å²) < 4.78 is 7.26. The van der Waals surface area contributed by atoms with Crippen LogP contribution in [0.3, 0.4) is 0 Å². The quantitative estimate of drug-likeness (QED) is 0.622. The number of aromatic nitrogens is 1. The molecule has 1 aromatic carbocycles. The summed E-state index contributed by atoms with van der Waals surface area (Å²) in [5.41, 5.74) is 1.78. The Morgan fingerprint density at radius 1 is 1.25 bits per heavy atom. The first-order valence-electron chi connectivity index (χ1n) is 8.85. The molecule has 0 amide bonds. The minimum Gasteiger partial charge on any atom is -0.466 e. The van der Waals surface area contributed by atoms with Crippen LogP contribution in [0.5, 0.6) is 0 Å². The minimum absolute atomic E-state index is 0.150. The van der Waals surface area contributed by atoms with Crippen molar-refractivity contribution in [2.75, 3.05) is 7.11 Å². The summed E-state index contributed by atoms with van der Waals surface area (Å²) in [6.07, 6.45) is 2.45. The zero-order valence-electron chi connectivity index (χ0n) is 15.4. The number of carbonyl (C=O) groups excluding carboxylic acids is 1. The van der Waals surface area contributed by atoms with Gasteiger partial charge >= 0.3 is 5.97 Å². The number of rotatable bonds is 4. The Hall–Kier alpha value is -2.77. The van der Waals surface area contributed by atoms with E-state index < -0.39 is 12.0 Å². The molecular weight excluding hydrogens is 392 g/mol. The first-order chi connectivity index (χ1) is 13.6. The molecule has 142 valence electrons. The van der Waals surface area contributed by atoms with Gasteiger partial charge < -0.3 is 4.74 Å². The fourth-order valence-corrected chi connectivity index (χ4v) is 5.06. The van der Waals surface area contributed by atoms with E-state index in [1.165, 1.54) is 18.4 Å². The van der Waals surface area contributed by atoms with Gasteiger partial charge in [0.1, 0.15) is 0 Å². The molecule has 3 aromatic rings. The third kappa shape index (κ3) is 3.16. The van der Waals surface area contributed by atoms with Crippen molar-refractivity contribution in [3.63, 3.8) is 0 Å². The third-order valence-corrected chi connectivity index (χ3v) is 6.38. The van der Waals surface area contributed by atoms with Gasteiger partial charge in [-0.2, -0.15) is 0 Å². The molecule has 0 saturated carbocycles. The molecule has 0 saturated heterocycles. The molecule has 0 aliphatic carbocycles.